The molecule has 0 aliphatic rings. The van der Waals surface area contributed by atoms with Gasteiger partial charge in [0.1, 0.15) is 5.82 Å². The molecule has 0 aliphatic heterocycles. The Balaban J connectivity index is 2.00. The van der Waals surface area contributed by atoms with Gasteiger partial charge in [-0.1, -0.05) is 19.8 Å². The van der Waals surface area contributed by atoms with E-state index in [-0.39, 0.29) is 10.7 Å². The summed E-state index contributed by atoms with van der Waals surface area (Å²) < 4.78 is 39.7. The minimum absolute atomic E-state index is 0.113. The van der Waals surface area contributed by atoms with Crippen molar-refractivity contribution in [1.82, 2.24) is 4.72 Å². The van der Waals surface area contributed by atoms with Crippen LogP contribution in [0.2, 0.25) is 0 Å². The molecule has 0 fully saturated rings. The van der Waals surface area contributed by atoms with Crippen LogP contribution in [0.4, 0.5) is 10.1 Å². The molecule has 2 aromatic rings. The van der Waals surface area contributed by atoms with Crippen LogP contribution in [0.25, 0.3) is 0 Å². The van der Waals surface area contributed by atoms with Crippen molar-refractivity contribution in [1.29, 1.82) is 0 Å². The van der Waals surface area contributed by atoms with Gasteiger partial charge in [0, 0.05) is 17.8 Å². The maximum Gasteiger partial charge on any atom is 0.255 e. The van der Waals surface area contributed by atoms with Crippen molar-refractivity contribution in [3.63, 3.8) is 0 Å². The van der Waals surface area contributed by atoms with Crippen LogP contribution in [-0.2, 0) is 10.0 Å². The first-order valence-corrected chi connectivity index (χ1v) is 9.57. The van der Waals surface area contributed by atoms with Gasteiger partial charge < -0.3 is 5.32 Å². The second-order valence-corrected chi connectivity index (χ2v) is 7.36. The van der Waals surface area contributed by atoms with E-state index in [4.69, 9.17) is 0 Å². The van der Waals surface area contributed by atoms with Crippen LogP contribution in [0.3, 0.4) is 0 Å². The van der Waals surface area contributed by atoms with Crippen LogP contribution < -0.4 is 10.0 Å². The number of sulfonamides is 1. The largest absolute Gasteiger partial charge is 0.322 e. The summed E-state index contributed by atoms with van der Waals surface area (Å²) >= 11 is 0. The lowest BCUT2D eigenvalue weighted by Crippen LogP contribution is -2.24. The molecule has 2 N–H and O–H groups in total. The van der Waals surface area contributed by atoms with Gasteiger partial charge in [-0.25, -0.2) is 17.5 Å². The number of anilines is 1. The first-order valence-electron chi connectivity index (χ1n) is 8.09. The molecule has 0 unspecified atom stereocenters. The van der Waals surface area contributed by atoms with Crippen LogP contribution in [0, 0.1) is 5.82 Å². The Bertz CT molecular complexity index is 803. The van der Waals surface area contributed by atoms with Crippen molar-refractivity contribution in [2.75, 3.05) is 11.9 Å². The molecule has 1 amide bonds. The Morgan fingerprint density at radius 1 is 1.00 bits per heavy atom. The van der Waals surface area contributed by atoms with Gasteiger partial charge in [-0.05, 0) is 55.0 Å². The minimum atomic E-state index is -3.57. The second kappa shape index (κ2) is 8.73. The van der Waals surface area contributed by atoms with Gasteiger partial charge >= 0.3 is 0 Å². The van der Waals surface area contributed by atoms with Gasteiger partial charge in [0.05, 0.1) is 4.90 Å². The van der Waals surface area contributed by atoms with Gasteiger partial charge in [0.2, 0.25) is 10.0 Å². The standard InChI is InChI=1S/C18H21FN2O3S/c1-2-3-4-13-20-25(23,24)17-11-5-14(6-12-17)18(22)21-16-9-7-15(19)8-10-16/h5-12,20H,2-4,13H2,1H3,(H,21,22). The molecule has 2 aromatic carbocycles. The highest BCUT2D eigenvalue weighted by molar-refractivity contribution is 7.89. The van der Waals surface area contributed by atoms with E-state index in [1.54, 1.807) is 0 Å². The molecule has 5 nitrogen and oxygen atoms in total. The number of rotatable bonds is 8. The summed E-state index contributed by atoms with van der Waals surface area (Å²) in [5.41, 5.74) is 0.773. The third kappa shape index (κ3) is 5.65. The number of unbranched alkanes of at least 4 members (excludes halogenated alkanes) is 2. The smallest absolute Gasteiger partial charge is 0.255 e. The van der Waals surface area contributed by atoms with E-state index in [1.165, 1.54) is 48.5 Å². The number of benzene rings is 2. The van der Waals surface area contributed by atoms with E-state index < -0.39 is 15.9 Å². The summed E-state index contributed by atoms with van der Waals surface area (Å²) in [5, 5.41) is 2.62. The lowest BCUT2D eigenvalue weighted by molar-refractivity contribution is 0.102. The summed E-state index contributed by atoms with van der Waals surface area (Å²) in [6.45, 7) is 2.44. The zero-order valence-corrected chi connectivity index (χ0v) is 14.8. The molecule has 0 aliphatic carbocycles. The van der Waals surface area contributed by atoms with Crippen molar-refractivity contribution >= 4 is 21.6 Å². The summed E-state index contributed by atoms with van der Waals surface area (Å²) in [6, 6.07) is 11.1. The van der Waals surface area contributed by atoms with Gasteiger partial charge in [-0.2, -0.15) is 0 Å². The number of carbonyl (C=O) groups is 1. The topological polar surface area (TPSA) is 75.3 Å². The van der Waals surface area contributed by atoms with Crippen LogP contribution in [0.5, 0.6) is 0 Å². The molecule has 0 radical (unpaired) electrons. The fourth-order valence-electron chi connectivity index (χ4n) is 2.19. The van der Waals surface area contributed by atoms with Crippen molar-refractivity contribution in [2.45, 2.75) is 31.1 Å². The minimum Gasteiger partial charge on any atom is -0.322 e. The second-order valence-electron chi connectivity index (χ2n) is 5.59. The molecule has 0 bridgehead atoms. The molecular weight excluding hydrogens is 343 g/mol. The zero-order chi connectivity index (χ0) is 18.3. The van der Waals surface area contributed by atoms with E-state index in [9.17, 15) is 17.6 Å². The predicted molar refractivity (Wildman–Crippen MR) is 95.5 cm³/mol. The first-order chi connectivity index (χ1) is 11.9. The molecular formula is C18H21FN2O3S. The maximum absolute atomic E-state index is 12.9. The average Bonchev–Trinajstić information content (AvgIpc) is 2.61. The Hall–Kier alpha value is -2.25. The maximum atomic E-state index is 12.9. The van der Waals surface area contributed by atoms with Crippen LogP contribution in [-0.4, -0.2) is 20.9 Å². The predicted octanol–water partition coefficient (Wildman–Crippen LogP) is 3.55. The summed E-state index contributed by atoms with van der Waals surface area (Å²) in [6.07, 6.45) is 2.76. The molecule has 0 aromatic heterocycles. The van der Waals surface area contributed by atoms with Crippen LogP contribution in [0.15, 0.2) is 53.4 Å². The van der Waals surface area contributed by atoms with Crippen molar-refractivity contribution in [3.8, 4) is 0 Å². The third-order valence-electron chi connectivity index (χ3n) is 3.60. The van der Waals surface area contributed by atoms with E-state index in [0.717, 1.165) is 19.3 Å². The van der Waals surface area contributed by atoms with E-state index in [1.807, 2.05) is 6.92 Å². The van der Waals surface area contributed by atoms with E-state index >= 15 is 0 Å². The Kier molecular flexibility index (Phi) is 6.66. The molecule has 134 valence electrons. The number of nitrogens with one attached hydrogen (secondary N) is 2. The van der Waals surface area contributed by atoms with Gasteiger partial charge in [0.15, 0.2) is 0 Å². The van der Waals surface area contributed by atoms with Gasteiger partial charge in [0.25, 0.3) is 5.91 Å². The highest BCUT2D eigenvalue weighted by Gasteiger charge is 2.14. The molecule has 7 heteroatoms. The Labute approximate surface area is 147 Å². The van der Waals surface area contributed by atoms with Gasteiger partial charge in [-0.15, -0.1) is 0 Å². The number of hydrogen-bond donors (Lipinski definition) is 2. The van der Waals surface area contributed by atoms with Crippen LogP contribution in [0.1, 0.15) is 36.5 Å². The number of amides is 1. The first kappa shape index (κ1) is 19.1. The number of hydrogen-bond acceptors (Lipinski definition) is 3. The molecule has 0 saturated heterocycles. The highest BCUT2D eigenvalue weighted by Crippen LogP contribution is 2.14. The fourth-order valence-corrected chi connectivity index (χ4v) is 3.26. The van der Waals surface area contributed by atoms with Crippen molar-refractivity contribution < 1.29 is 17.6 Å². The lowest BCUT2D eigenvalue weighted by Gasteiger charge is -2.08. The fraction of sp³-hybridized carbons (Fsp3) is 0.278. The number of halogens is 1. The summed E-state index contributed by atoms with van der Waals surface area (Å²) in [5.74, 6) is -0.787. The monoisotopic (exact) mass is 364 g/mol. The number of carbonyl (C=O) groups excluding carboxylic acids is 1. The van der Waals surface area contributed by atoms with E-state index in [2.05, 4.69) is 10.0 Å². The Morgan fingerprint density at radius 2 is 1.64 bits per heavy atom. The molecule has 0 saturated carbocycles. The summed E-state index contributed by atoms with van der Waals surface area (Å²) in [4.78, 5) is 12.2. The average molecular weight is 364 g/mol. The van der Waals surface area contributed by atoms with Gasteiger partial charge in [-0.3, -0.25) is 4.79 Å². The molecule has 0 spiro atoms. The third-order valence-corrected chi connectivity index (χ3v) is 5.08. The quantitative estimate of drug-likeness (QED) is 0.704. The SMILES string of the molecule is CCCCCNS(=O)(=O)c1ccc(C(=O)Nc2ccc(F)cc2)cc1. The van der Waals surface area contributed by atoms with Crippen molar-refractivity contribution in [3.05, 3.63) is 59.9 Å². The van der Waals surface area contributed by atoms with E-state index in [0.29, 0.717) is 17.8 Å². The molecule has 0 heterocycles. The molecule has 2 rings (SSSR count). The Morgan fingerprint density at radius 3 is 2.24 bits per heavy atom. The van der Waals surface area contributed by atoms with Crippen LogP contribution >= 0.6 is 0 Å². The normalized spacial score (nSPS) is 11.3. The highest BCUT2D eigenvalue weighted by atomic mass is 32.2. The molecule has 25 heavy (non-hydrogen) atoms. The van der Waals surface area contributed by atoms with Crippen molar-refractivity contribution in [2.24, 2.45) is 0 Å². The summed E-state index contributed by atoms with van der Waals surface area (Å²) in [7, 11) is -3.57. The lowest BCUT2D eigenvalue weighted by atomic mass is 10.2. The zero-order valence-electron chi connectivity index (χ0n) is 14.0. The molecule has 0 atom stereocenters.